The van der Waals surface area contributed by atoms with Crippen molar-refractivity contribution in [3.05, 3.63) is 40.7 Å². The van der Waals surface area contributed by atoms with Gasteiger partial charge in [0.15, 0.2) is 5.13 Å². The number of hydrogen-bond donors (Lipinski definition) is 1. The van der Waals surface area contributed by atoms with Gasteiger partial charge in [0, 0.05) is 35.3 Å². The van der Waals surface area contributed by atoms with Gasteiger partial charge in [0.2, 0.25) is 0 Å². The van der Waals surface area contributed by atoms with E-state index in [0.717, 1.165) is 31.0 Å². The lowest BCUT2D eigenvalue weighted by Gasteiger charge is -2.25. The highest BCUT2D eigenvalue weighted by molar-refractivity contribution is 7.13. The normalized spacial score (nSPS) is 18.5. The number of aromatic nitrogens is 2. The number of piperidine rings is 1. The smallest absolute Gasteiger partial charge is 0.257 e. The molecule has 0 aromatic carbocycles. The Labute approximate surface area is 146 Å². The maximum absolute atomic E-state index is 12.4. The van der Waals surface area contributed by atoms with Crippen molar-refractivity contribution in [1.82, 2.24) is 14.9 Å². The Morgan fingerprint density at radius 1 is 1.29 bits per heavy atom. The van der Waals surface area contributed by atoms with Crippen LogP contribution in [-0.2, 0) is 6.54 Å². The third-order valence-corrected chi connectivity index (χ3v) is 5.45. The molecule has 1 N–H and O–H groups in total. The minimum absolute atomic E-state index is 0.0989. The number of hydrogen-bond acceptors (Lipinski definition) is 5. The molecule has 24 heavy (non-hydrogen) atoms. The van der Waals surface area contributed by atoms with Crippen molar-refractivity contribution >= 4 is 22.4 Å². The molecule has 6 heteroatoms. The topological polar surface area (TPSA) is 58.1 Å². The third kappa shape index (κ3) is 3.82. The summed E-state index contributed by atoms with van der Waals surface area (Å²) in [5.74, 6) is 0.451. The Kier molecular flexibility index (Phi) is 4.58. The second-order valence-corrected chi connectivity index (χ2v) is 7.54. The van der Waals surface area contributed by atoms with Gasteiger partial charge in [-0.2, -0.15) is 0 Å². The van der Waals surface area contributed by atoms with Crippen LogP contribution in [0.4, 0.5) is 5.13 Å². The van der Waals surface area contributed by atoms with Gasteiger partial charge in [0.1, 0.15) is 0 Å². The van der Waals surface area contributed by atoms with Crippen LogP contribution >= 0.6 is 11.3 Å². The molecule has 0 radical (unpaired) electrons. The fourth-order valence-corrected chi connectivity index (χ4v) is 3.84. The molecule has 3 heterocycles. The maximum atomic E-state index is 12.4. The van der Waals surface area contributed by atoms with Crippen LogP contribution in [0.2, 0.25) is 0 Å². The van der Waals surface area contributed by atoms with Gasteiger partial charge >= 0.3 is 0 Å². The molecule has 1 saturated heterocycles. The SMILES string of the molecule is O=C(Nc1nc(CN2CCCCC2)cs1)c1ccnc(C2CC2)c1. The zero-order chi connectivity index (χ0) is 16.4. The lowest BCUT2D eigenvalue weighted by Crippen LogP contribution is -2.29. The van der Waals surface area contributed by atoms with E-state index in [0.29, 0.717) is 16.6 Å². The van der Waals surface area contributed by atoms with Gasteiger partial charge in [-0.15, -0.1) is 11.3 Å². The van der Waals surface area contributed by atoms with E-state index < -0.39 is 0 Å². The lowest BCUT2D eigenvalue weighted by molar-refractivity contribution is 0.102. The van der Waals surface area contributed by atoms with Gasteiger partial charge in [0.05, 0.1) is 5.69 Å². The number of carbonyl (C=O) groups is 1. The summed E-state index contributed by atoms with van der Waals surface area (Å²) in [6.45, 7) is 3.19. The van der Waals surface area contributed by atoms with Crippen LogP contribution < -0.4 is 5.32 Å². The quantitative estimate of drug-likeness (QED) is 0.901. The monoisotopic (exact) mass is 342 g/mol. The Morgan fingerprint density at radius 2 is 2.12 bits per heavy atom. The summed E-state index contributed by atoms with van der Waals surface area (Å²) in [7, 11) is 0. The highest BCUT2D eigenvalue weighted by Gasteiger charge is 2.25. The molecule has 126 valence electrons. The predicted octanol–water partition coefficient (Wildman–Crippen LogP) is 3.65. The molecule has 1 aliphatic heterocycles. The van der Waals surface area contributed by atoms with E-state index >= 15 is 0 Å². The molecule has 2 aromatic heterocycles. The summed E-state index contributed by atoms with van der Waals surface area (Å²) in [6, 6.07) is 3.68. The first-order chi connectivity index (χ1) is 11.8. The number of thiazole rings is 1. The Bertz CT molecular complexity index is 719. The van der Waals surface area contributed by atoms with E-state index in [1.165, 1.54) is 43.4 Å². The van der Waals surface area contributed by atoms with Gasteiger partial charge in [0.25, 0.3) is 5.91 Å². The number of nitrogens with zero attached hydrogens (tertiary/aromatic N) is 3. The first-order valence-corrected chi connectivity index (χ1v) is 9.60. The van der Waals surface area contributed by atoms with Crippen molar-refractivity contribution in [2.75, 3.05) is 18.4 Å². The van der Waals surface area contributed by atoms with Crippen molar-refractivity contribution in [3.63, 3.8) is 0 Å². The highest BCUT2D eigenvalue weighted by atomic mass is 32.1. The lowest BCUT2D eigenvalue weighted by atomic mass is 10.1. The average molecular weight is 342 g/mol. The van der Waals surface area contributed by atoms with Gasteiger partial charge in [-0.25, -0.2) is 4.98 Å². The van der Waals surface area contributed by atoms with Crippen LogP contribution in [0.15, 0.2) is 23.7 Å². The molecule has 2 aliphatic rings. The minimum Gasteiger partial charge on any atom is -0.298 e. The summed E-state index contributed by atoms with van der Waals surface area (Å²) < 4.78 is 0. The zero-order valence-electron chi connectivity index (χ0n) is 13.7. The molecule has 1 saturated carbocycles. The number of pyridine rings is 1. The van der Waals surface area contributed by atoms with Crippen LogP contribution in [0, 0.1) is 0 Å². The Balaban J connectivity index is 1.38. The molecule has 0 unspecified atom stereocenters. The van der Waals surface area contributed by atoms with Gasteiger partial charge in [-0.05, 0) is 50.9 Å². The molecule has 0 bridgehead atoms. The summed E-state index contributed by atoms with van der Waals surface area (Å²) in [5.41, 5.74) is 2.75. The van der Waals surface area contributed by atoms with Crippen LogP contribution in [0.1, 0.15) is 59.8 Å². The molecule has 2 aromatic rings. The number of amides is 1. The molecular formula is C18H22N4OS. The first-order valence-electron chi connectivity index (χ1n) is 8.72. The second kappa shape index (κ2) is 6.99. The van der Waals surface area contributed by atoms with E-state index in [2.05, 4.69) is 20.2 Å². The molecular weight excluding hydrogens is 320 g/mol. The summed E-state index contributed by atoms with van der Waals surface area (Å²) in [5, 5.41) is 5.65. The minimum atomic E-state index is -0.0989. The van der Waals surface area contributed by atoms with Gasteiger partial charge < -0.3 is 0 Å². The third-order valence-electron chi connectivity index (χ3n) is 4.65. The molecule has 0 spiro atoms. The number of likely N-dealkylation sites (tertiary alicyclic amines) is 1. The van der Waals surface area contributed by atoms with Crippen molar-refractivity contribution in [2.24, 2.45) is 0 Å². The standard InChI is InChI=1S/C18H22N4OS/c23-17(14-6-7-19-16(10-14)13-4-5-13)21-18-20-15(12-24-18)11-22-8-2-1-3-9-22/h6-7,10,12-13H,1-5,8-9,11H2,(H,20,21,23). The van der Waals surface area contributed by atoms with Gasteiger partial charge in [-0.3, -0.25) is 20.0 Å². The van der Waals surface area contributed by atoms with Crippen LogP contribution in [-0.4, -0.2) is 33.9 Å². The molecule has 0 atom stereocenters. The number of anilines is 1. The van der Waals surface area contributed by atoms with E-state index in [9.17, 15) is 4.79 Å². The van der Waals surface area contributed by atoms with Crippen LogP contribution in [0.5, 0.6) is 0 Å². The maximum Gasteiger partial charge on any atom is 0.257 e. The Hall–Kier alpha value is -1.79. The predicted molar refractivity (Wildman–Crippen MR) is 95.4 cm³/mol. The number of rotatable bonds is 5. The summed E-state index contributed by atoms with van der Waals surface area (Å²) >= 11 is 1.50. The largest absolute Gasteiger partial charge is 0.298 e. The van der Waals surface area contributed by atoms with Crippen LogP contribution in [0.3, 0.4) is 0 Å². The number of carbonyl (C=O) groups excluding carboxylic acids is 1. The van der Waals surface area contributed by atoms with E-state index in [1.54, 1.807) is 12.3 Å². The highest BCUT2D eigenvalue weighted by Crippen LogP contribution is 2.39. The Morgan fingerprint density at radius 3 is 2.92 bits per heavy atom. The van der Waals surface area contributed by atoms with Gasteiger partial charge in [-0.1, -0.05) is 6.42 Å². The molecule has 1 amide bonds. The van der Waals surface area contributed by atoms with E-state index in [1.807, 2.05) is 11.4 Å². The molecule has 1 aliphatic carbocycles. The van der Waals surface area contributed by atoms with Crippen molar-refractivity contribution < 1.29 is 4.79 Å². The first kappa shape index (κ1) is 15.7. The number of nitrogens with one attached hydrogen (secondary N) is 1. The summed E-state index contributed by atoms with van der Waals surface area (Å²) in [4.78, 5) is 23.8. The fourth-order valence-electron chi connectivity index (χ4n) is 3.14. The van der Waals surface area contributed by atoms with Crippen molar-refractivity contribution in [3.8, 4) is 0 Å². The molecule has 4 rings (SSSR count). The van der Waals surface area contributed by atoms with Crippen LogP contribution in [0.25, 0.3) is 0 Å². The van der Waals surface area contributed by atoms with Crippen molar-refractivity contribution in [2.45, 2.75) is 44.6 Å². The fraction of sp³-hybridized carbons (Fsp3) is 0.500. The second-order valence-electron chi connectivity index (χ2n) is 6.68. The molecule has 2 fully saturated rings. The van der Waals surface area contributed by atoms with E-state index in [-0.39, 0.29) is 5.91 Å². The average Bonchev–Trinajstić information content (AvgIpc) is 3.38. The molecule has 5 nitrogen and oxygen atoms in total. The van der Waals surface area contributed by atoms with E-state index in [4.69, 9.17) is 0 Å². The zero-order valence-corrected chi connectivity index (χ0v) is 14.5. The van der Waals surface area contributed by atoms with Crippen molar-refractivity contribution in [1.29, 1.82) is 0 Å². The summed E-state index contributed by atoms with van der Waals surface area (Å²) in [6.07, 6.45) is 7.99.